The molecule has 0 saturated heterocycles. The van der Waals surface area contributed by atoms with E-state index in [1.54, 1.807) is 50.2 Å². The molecule has 0 bridgehead atoms. The lowest BCUT2D eigenvalue weighted by atomic mass is 10.2. The van der Waals surface area contributed by atoms with Gasteiger partial charge in [0, 0.05) is 10.2 Å². The maximum atomic E-state index is 12.2. The average Bonchev–Trinajstić information content (AvgIpc) is 2.50. The van der Waals surface area contributed by atoms with E-state index in [0.717, 1.165) is 4.47 Å². The third-order valence-corrected chi connectivity index (χ3v) is 4.84. The first-order valence-corrected chi connectivity index (χ1v) is 9.37. The number of amides is 1. The Labute approximate surface area is 149 Å². The first-order valence-electron chi connectivity index (χ1n) is 7.03. The molecule has 0 aromatic heterocycles. The highest BCUT2D eigenvalue weighted by Crippen LogP contribution is 2.20. The van der Waals surface area contributed by atoms with Crippen molar-refractivity contribution < 1.29 is 17.9 Å². The Morgan fingerprint density at radius 1 is 1.21 bits per heavy atom. The molecule has 2 aromatic carbocycles. The normalized spacial score (nSPS) is 12.5. The monoisotopic (exact) mass is 412 g/mol. The molecule has 6 nitrogen and oxygen atoms in total. The molecule has 128 valence electrons. The van der Waals surface area contributed by atoms with Crippen molar-refractivity contribution in [1.29, 1.82) is 0 Å². The number of ether oxygens (including phenoxy) is 1. The van der Waals surface area contributed by atoms with E-state index in [-0.39, 0.29) is 4.90 Å². The van der Waals surface area contributed by atoms with Crippen LogP contribution in [0, 0.1) is 6.92 Å². The maximum Gasteiger partial charge on any atom is 0.265 e. The molecule has 0 aliphatic carbocycles. The average molecular weight is 413 g/mol. The smallest absolute Gasteiger partial charge is 0.265 e. The minimum atomic E-state index is -3.85. The number of nitrogens with one attached hydrogen (secondary N) is 1. The Bertz CT molecular complexity index is 851. The molecule has 0 radical (unpaired) electrons. The predicted molar refractivity (Wildman–Crippen MR) is 95.4 cm³/mol. The number of benzene rings is 2. The molecule has 24 heavy (non-hydrogen) atoms. The van der Waals surface area contributed by atoms with E-state index in [2.05, 4.69) is 21.2 Å². The van der Waals surface area contributed by atoms with Crippen molar-refractivity contribution in [3.05, 3.63) is 52.5 Å². The Morgan fingerprint density at radius 3 is 2.42 bits per heavy atom. The third-order valence-electron chi connectivity index (χ3n) is 3.26. The number of hydrogen-bond acceptors (Lipinski definition) is 4. The number of nitrogens with two attached hydrogens (primary N) is 1. The van der Waals surface area contributed by atoms with Gasteiger partial charge in [0.25, 0.3) is 5.91 Å². The van der Waals surface area contributed by atoms with Gasteiger partial charge in [-0.2, -0.15) is 0 Å². The van der Waals surface area contributed by atoms with Crippen LogP contribution in [0.2, 0.25) is 0 Å². The highest BCUT2D eigenvalue weighted by molar-refractivity contribution is 9.10. The van der Waals surface area contributed by atoms with Crippen molar-refractivity contribution in [2.45, 2.75) is 24.8 Å². The summed E-state index contributed by atoms with van der Waals surface area (Å²) < 4.78 is 29.5. The summed E-state index contributed by atoms with van der Waals surface area (Å²) in [5.74, 6) is 0.150. The number of anilines is 1. The second-order valence-corrected chi connectivity index (χ2v) is 7.67. The Morgan fingerprint density at radius 2 is 1.83 bits per heavy atom. The van der Waals surface area contributed by atoms with Crippen LogP contribution in [0.5, 0.6) is 5.75 Å². The summed E-state index contributed by atoms with van der Waals surface area (Å²) in [4.78, 5) is 12.2. The number of sulfonamides is 1. The van der Waals surface area contributed by atoms with Gasteiger partial charge in [-0.05, 0) is 55.8 Å². The van der Waals surface area contributed by atoms with Crippen molar-refractivity contribution in [2.75, 3.05) is 5.32 Å². The Hall–Kier alpha value is -1.90. The molecule has 0 heterocycles. The number of rotatable bonds is 5. The van der Waals surface area contributed by atoms with Gasteiger partial charge in [0.15, 0.2) is 6.10 Å². The van der Waals surface area contributed by atoms with E-state index >= 15 is 0 Å². The SMILES string of the molecule is Cc1ccc(NC(=O)[C@H](C)Oc2ccc(Br)cc2)cc1S(N)(=O)=O. The molecule has 1 amide bonds. The van der Waals surface area contributed by atoms with Crippen LogP contribution in [0.1, 0.15) is 12.5 Å². The molecule has 0 fully saturated rings. The summed E-state index contributed by atoms with van der Waals surface area (Å²) in [6.07, 6.45) is -0.759. The zero-order valence-corrected chi connectivity index (χ0v) is 15.5. The highest BCUT2D eigenvalue weighted by atomic mass is 79.9. The molecule has 0 unspecified atom stereocenters. The molecule has 3 N–H and O–H groups in total. The van der Waals surface area contributed by atoms with E-state index in [0.29, 0.717) is 17.0 Å². The number of carbonyl (C=O) groups is 1. The number of aryl methyl sites for hydroxylation is 1. The van der Waals surface area contributed by atoms with Crippen LogP contribution in [0.15, 0.2) is 51.8 Å². The predicted octanol–water partition coefficient (Wildman–Crippen LogP) is 2.81. The molecule has 0 aliphatic heterocycles. The molecule has 1 atom stereocenters. The molecular formula is C16H17BrN2O4S. The number of halogens is 1. The molecule has 2 aromatic rings. The van der Waals surface area contributed by atoms with Crippen LogP contribution in [-0.4, -0.2) is 20.4 Å². The first kappa shape index (κ1) is 18.4. The lowest BCUT2D eigenvalue weighted by Gasteiger charge is -2.15. The third kappa shape index (κ3) is 4.80. The van der Waals surface area contributed by atoms with Crippen LogP contribution in [0.25, 0.3) is 0 Å². The van der Waals surface area contributed by atoms with Gasteiger partial charge in [0.05, 0.1) is 4.90 Å². The van der Waals surface area contributed by atoms with Crippen LogP contribution in [-0.2, 0) is 14.8 Å². The van der Waals surface area contributed by atoms with Gasteiger partial charge in [-0.15, -0.1) is 0 Å². The van der Waals surface area contributed by atoms with Crippen LogP contribution >= 0.6 is 15.9 Å². The summed E-state index contributed by atoms with van der Waals surface area (Å²) in [5.41, 5.74) is 0.843. The van der Waals surface area contributed by atoms with Gasteiger partial charge in [0.1, 0.15) is 5.75 Å². The highest BCUT2D eigenvalue weighted by Gasteiger charge is 2.17. The fraction of sp³-hybridized carbons (Fsp3) is 0.188. The quantitative estimate of drug-likeness (QED) is 0.788. The minimum absolute atomic E-state index is 0.0261. The zero-order valence-electron chi connectivity index (χ0n) is 13.1. The van der Waals surface area contributed by atoms with Gasteiger partial charge in [-0.1, -0.05) is 22.0 Å². The van der Waals surface area contributed by atoms with Crippen molar-refractivity contribution in [3.63, 3.8) is 0 Å². The second-order valence-electron chi connectivity index (χ2n) is 5.23. The van der Waals surface area contributed by atoms with Gasteiger partial charge < -0.3 is 10.1 Å². The molecule has 0 saturated carbocycles. The first-order chi connectivity index (χ1) is 11.2. The second kappa shape index (κ2) is 7.33. The lowest BCUT2D eigenvalue weighted by molar-refractivity contribution is -0.122. The van der Waals surface area contributed by atoms with Crippen molar-refractivity contribution in [2.24, 2.45) is 5.14 Å². The van der Waals surface area contributed by atoms with Gasteiger partial charge >= 0.3 is 0 Å². The Balaban J connectivity index is 2.10. The van der Waals surface area contributed by atoms with E-state index in [1.807, 2.05) is 0 Å². The van der Waals surface area contributed by atoms with Gasteiger partial charge in [-0.25, -0.2) is 13.6 Å². The van der Waals surface area contributed by atoms with E-state index in [9.17, 15) is 13.2 Å². The lowest BCUT2D eigenvalue weighted by Crippen LogP contribution is -2.30. The molecular weight excluding hydrogens is 396 g/mol. The summed E-state index contributed by atoms with van der Waals surface area (Å²) in [6, 6.07) is 11.6. The summed E-state index contributed by atoms with van der Waals surface area (Å²) in [5, 5.41) is 7.78. The fourth-order valence-corrected chi connectivity index (χ4v) is 3.07. The van der Waals surface area contributed by atoms with Gasteiger partial charge in [0.2, 0.25) is 10.0 Å². The van der Waals surface area contributed by atoms with Crippen molar-refractivity contribution in [3.8, 4) is 5.75 Å². The number of primary sulfonamides is 1. The summed E-state index contributed by atoms with van der Waals surface area (Å²) in [7, 11) is -3.85. The number of hydrogen-bond donors (Lipinski definition) is 2. The molecule has 2 rings (SSSR count). The van der Waals surface area contributed by atoms with Crippen LogP contribution in [0.3, 0.4) is 0 Å². The van der Waals surface area contributed by atoms with Crippen LogP contribution < -0.4 is 15.2 Å². The maximum absolute atomic E-state index is 12.2. The largest absolute Gasteiger partial charge is 0.481 e. The molecule has 8 heteroatoms. The van der Waals surface area contributed by atoms with Crippen LogP contribution in [0.4, 0.5) is 5.69 Å². The summed E-state index contributed by atoms with van der Waals surface area (Å²) >= 11 is 3.32. The topological polar surface area (TPSA) is 98.5 Å². The molecule has 0 aliphatic rings. The Kier molecular flexibility index (Phi) is 5.63. The summed E-state index contributed by atoms with van der Waals surface area (Å²) in [6.45, 7) is 3.23. The molecule has 0 spiro atoms. The number of carbonyl (C=O) groups excluding carboxylic acids is 1. The van der Waals surface area contributed by atoms with E-state index in [1.165, 1.54) is 6.07 Å². The van der Waals surface area contributed by atoms with E-state index < -0.39 is 22.0 Å². The standard InChI is InChI=1S/C16H17BrN2O4S/c1-10-3-6-13(9-15(10)24(18,21)22)19-16(20)11(2)23-14-7-4-12(17)5-8-14/h3-9,11H,1-2H3,(H,19,20)(H2,18,21,22)/t11-/m0/s1. The fourth-order valence-electron chi connectivity index (χ4n) is 2.00. The van der Waals surface area contributed by atoms with E-state index in [4.69, 9.17) is 9.88 Å². The zero-order chi connectivity index (χ0) is 17.9. The van der Waals surface area contributed by atoms with Gasteiger partial charge in [-0.3, -0.25) is 4.79 Å². The minimum Gasteiger partial charge on any atom is -0.481 e. The van der Waals surface area contributed by atoms with Crippen molar-refractivity contribution in [1.82, 2.24) is 0 Å². The van der Waals surface area contributed by atoms with Crippen molar-refractivity contribution >= 4 is 37.5 Å².